The minimum absolute atomic E-state index is 0.103. The van der Waals surface area contributed by atoms with Gasteiger partial charge >= 0.3 is 30.8 Å². The van der Waals surface area contributed by atoms with Gasteiger partial charge in [0.15, 0.2) is 23.8 Å². The fraction of sp³-hybridized carbons (Fsp3) is 0.596. The maximum atomic E-state index is 15.2. The summed E-state index contributed by atoms with van der Waals surface area (Å²) < 4.78 is 65.8. The predicted molar refractivity (Wildman–Crippen MR) is 236 cm³/mol. The Hall–Kier alpha value is -6.35. The van der Waals surface area contributed by atoms with Crippen LogP contribution < -0.4 is 4.74 Å². The normalized spacial score (nSPS) is 23.3. The highest BCUT2D eigenvalue weighted by molar-refractivity contribution is 6.30. The lowest BCUT2D eigenvalue weighted by atomic mass is 9.74. The minimum atomic E-state index is -3.18. The third kappa shape index (κ3) is 16.5. The number of benzene rings is 1. The SMILES string of the molecule is COC1=CC(=O)/C(=C(O)\C=C\c2ccc(OC(=O)OC(C)(C)C)cc2)C(=O)C1(OC(=O)OC(C)(C)C)[C@@H]1O[C@H](COC(=O)OC(C)(C)C)[C@@H](OC(=O)OC(C)(C)C)[C@H](OC(=O)OC(C)(C)C)[C@H]1O. The van der Waals surface area contributed by atoms with E-state index in [-0.39, 0.29) is 5.75 Å². The molecule has 1 aromatic rings. The Morgan fingerprint density at radius 3 is 1.60 bits per heavy atom. The Morgan fingerprint density at radius 1 is 0.662 bits per heavy atom. The molecule has 21 nitrogen and oxygen atoms in total. The molecule has 0 radical (unpaired) electrons. The summed E-state index contributed by atoms with van der Waals surface area (Å²) in [5.74, 6) is -4.43. The largest absolute Gasteiger partial charge is 0.514 e. The van der Waals surface area contributed by atoms with Gasteiger partial charge in [0.1, 0.15) is 70.0 Å². The maximum absolute atomic E-state index is 15.2. The van der Waals surface area contributed by atoms with Crippen molar-refractivity contribution in [1.29, 1.82) is 0 Å². The molecule has 68 heavy (non-hydrogen) atoms. The van der Waals surface area contributed by atoms with Gasteiger partial charge in [-0.05, 0) is 128 Å². The summed E-state index contributed by atoms with van der Waals surface area (Å²) in [4.78, 5) is 94.7. The number of allylic oxidation sites excluding steroid dienone is 2. The third-order valence-corrected chi connectivity index (χ3v) is 8.51. The van der Waals surface area contributed by atoms with Crippen LogP contribution in [0.3, 0.4) is 0 Å². The second-order valence-electron chi connectivity index (χ2n) is 20.4. The van der Waals surface area contributed by atoms with Gasteiger partial charge in [-0.15, -0.1) is 0 Å². The number of methoxy groups -OCH3 is 1. The molecule has 1 unspecified atom stereocenters. The maximum Gasteiger partial charge on any atom is 0.514 e. The standard InChI is InChI=1S/C47H64O21/c1-42(2,3)63-37(52)58-24-29-33(61-39(54)65-44(7,8)9)34(62-40(55)66-45(10,11)12)32(50)36(60-29)47(68-41(56)67-46(13,14)15)30(57-16)23-28(49)31(35(47)51)27(48)22-19-25-17-20-26(21-18-25)59-38(53)64-43(4,5)6/h17-23,29,32-34,36,48,50H,24H2,1-16H3/b22-19+,31-27-/t29-,32-,33-,34-,36-,47?/m1/s1. The number of carbonyl (C=O) groups excluding carboxylic acids is 7. The van der Waals surface area contributed by atoms with Crippen LogP contribution in [-0.2, 0) is 61.7 Å². The van der Waals surface area contributed by atoms with Crippen molar-refractivity contribution < 1.29 is 101 Å². The Bertz CT molecular complexity index is 2130. The number of hydrogen-bond donors (Lipinski definition) is 2. The summed E-state index contributed by atoms with van der Waals surface area (Å²) in [6, 6.07) is 5.73. The van der Waals surface area contributed by atoms with Gasteiger partial charge in [0.2, 0.25) is 5.78 Å². The number of rotatable bonds is 10. The highest BCUT2D eigenvalue weighted by atomic mass is 16.8. The molecule has 1 fully saturated rings. The molecule has 1 aliphatic heterocycles. The van der Waals surface area contributed by atoms with Crippen molar-refractivity contribution in [2.75, 3.05) is 13.7 Å². The Morgan fingerprint density at radius 2 is 1.12 bits per heavy atom. The summed E-state index contributed by atoms with van der Waals surface area (Å²) in [5, 5.41) is 23.9. The number of aliphatic hydroxyl groups is 2. The zero-order chi connectivity index (χ0) is 52.0. The van der Waals surface area contributed by atoms with Gasteiger partial charge in [-0.2, -0.15) is 0 Å². The first-order chi connectivity index (χ1) is 30.9. The van der Waals surface area contributed by atoms with Crippen LogP contribution >= 0.6 is 0 Å². The molecule has 0 saturated carbocycles. The summed E-state index contributed by atoms with van der Waals surface area (Å²) in [7, 11) is 0.978. The van der Waals surface area contributed by atoms with E-state index >= 15 is 4.79 Å². The quantitative estimate of drug-likeness (QED) is 0.0562. The van der Waals surface area contributed by atoms with E-state index in [4.69, 9.17) is 56.8 Å². The zero-order valence-corrected chi connectivity index (χ0v) is 41.3. The van der Waals surface area contributed by atoms with Crippen molar-refractivity contribution in [2.45, 2.75) is 168 Å². The number of aliphatic hydroxyl groups excluding tert-OH is 2. The van der Waals surface area contributed by atoms with Crippen molar-refractivity contribution in [3.05, 3.63) is 59.1 Å². The van der Waals surface area contributed by atoms with Gasteiger partial charge in [-0.3, -0.25) is 9.59 Å². The third-order valence-electron chi connectivity index (χ3n) is 8.51. The van der Waals surface area contributed by atoms with Crippen LogP contribution in [-0.4, -0.2) is 130 Å². The molecule has 378 valence electrons. The van der Waals surface area contributed by atoms with Crippen LogP contribution in [0.1, 0.15) is 109 Å². The molecule has 3 rings (SSSR count). The van der Waals surface area contributed by atoms with Gasteiger partial charge in [-0.25, -0.2) is 24.0 Å². The van der Waals surface area contributed by atoms with Crippen LogP contribution in [0, 0.1) is 0 Å². The van der Waals surface area contributed by atoms with Crippen molar-refractivity contribution in [2.24, 2.45) is 0 Å². The number of ketones is 2. The van der Waals surface area contributed by atoms with E-state index in [1.54, 1.807) is 41.5 Å². The fourth-order valence-corrected chi connectivity index (χ4v) is 6.13. The van der Waals surface area contributed by atoms with E-state index in [0.717, 1.165) is 13.2 Å². The van der Waals surface area contributed by atoms with E-state index < -0.39 is 130 Å². The molecule has 2 N–H and O–H groups in total. The zero-order valence-electron chi connectivity index (χ0n) is 41.3. The van der Waals surface area contributed by atoms with Gasteiger partial charge in [0.05, 0.1) is 7.11 Å². The summed E-state index contributed by atoms with van der Waals surface area (Å²) >= 11 is 0. The van der Waals surface area contributed by atoms with E-state index in [1.807, 2.05) is 0 Å². The molecule has 1 saturated heterocycles. The predicted octanol–water partition coefficient (Wildman–Crippen LogP) is 7.92. The average molecular weight is 965 g/mol. The molecule has 21 heteroatoms. The molecule has 0 amide bonds. The van der Waals surface area contributed by atoms with Gasteiger partial charge < -0.3 is 67.1 Å². The number of hydrogen-bond acceptors (Lipinski definition) is 21. The molecule has 1 heterocycles. The van der Waals surface area contributed by atoms with Crippen molar-refractivity contribution >= 4 is 48.4 Å². The number of carbonyl (C=O) groups is 7. The smallest absolute Gasteiger partial charge is 0.507 e. The highest BCUT2D eigenvalue weighted by Gasteiger charge is 2.67. The first-order valence-electron chi connectivity index (χ1n) is 21.3. The second kappa shape index (κ2) is 21.3. The fourth-order valence-electron chi connectivity index (χ4n) is 6.13. The lowest BCUT2D eigenvalue weighted by molar-refractivity contribution is -0.270. The number of ether oxygens (including phenoxy) is 12. The molecule has 0 aromatic heterocycles. The summed E-state index contributed by atoms with van der Waals surface area (Å²) in [6.45, 7) is 22.0. The lowest BCUT2D eigenvalue weighted by Crippen LogP contribution is -2.71. The molecule has 1 aliphatic carbocycles. The monoisotopic (exact) mass is 964 g/mol. The van der Waals surface area contributed by atoms with Gasteiger partial charge in [0, 0.05) is 6.08 Å². The average Bonchev–Trinajstić information content (AvgIpc) is 3.13. The Kier molecular flexibility index (Phi) is 17.5. The van der Waals surface area contributed by atoms with Crippen LogP contribution in [0.25, 0.3) is 6.08 Å². The highest BCUT2D eigenvalue weighted by Crippen LogP contribution is 2.44. The van der Waals surface area contributed by atoms with E-state index in [1.165, 1.54) is 92.7 Å². The molecule has 1 aromatic carbocycles. The minimum Gasteiger partial charge on any atom is -0.507 e. The van der Waals surface area contributed by atoms with E-state index in [2.05, 4.69) is 0 Å². The number of Topliss-reactive ketones (excluding diaryl/α,β-unsaturated/α-hetero) is 1. The summed E-state index contributed by atoms with van der Waals surface area (Å²) in [6.07, 6.45) is -14.6. The first-order valence-corrected chi connectivity index (χ1v) is 21.3. The van der Waals surface area contributed by atoms with E-state index in [9.17, 15) is 39.0 Å². The Labute approximate surface area is 394 Å². The van der Waals surface area contributed by atoms with Crippen molar-refractivity contribution in [3.63, 3.8) is 0 Å². The lowest BCUT2D eigenvalue weighted by Gasteiger charge is -2.49. The first kappa shape index (κ1) is 56.0. The van der Waals surface area contributed by atoms with Crippen LogP contribution in [0.2, 0.25) is 0 Å². The molecular formula is C47H64O21. The van der Waals surface area contributed by atoms with Crippen LogP contribution in [0.4, 0.5) is 24.0 Å². The molecule has 2 aliphatic rings. The van der Waals surface area contributed by atoms with Crippen LogP contribution in [0.5, 0.6) is 5.75 Å². The molecule has 0 bridgehead atoms. The summed E-state index contributed by atoms with van der Waals surface area (Å²) in [5.41, 5.74) is -9.44. The van der Waals surface area contributed by atoms with Crippen LogP contribution in [0.15, 0.2) is 53.5 Å². The van der Waals surface area contributed by atoms with Gasteiger partial charge in [0.25, 0.3) is 5.60 Å². The second-order valence-corrected chi connectivity index (χ2v) is 20.4. The van der Waals surface area contributed by atoms with E-state index in [0.29, 0.717) is 11.6 Å². The van der Waals surface area contributed by atoms with Crippen molar-refractivity contribution in [1.82, 2.24) is 0 Å². The van der Waals surface area contributed by atoms with Gasteiger partial charge in [-0.1, -0.05) is 18.2 Å². The topological polar surface area (TPSA) is 271 Å². The van der Waals surface area contributed by atoms with Crippen molar-refractivity contribution in [3.8, 4) is 5.75 Å². The molecular weight excluding hydrogens is 900 g/mol. The molecule has 6 atom stereocenters. The molecule has 0 spiro atoms. The Balaban J connectivity index is 2.32.